The van der Waals surface area contributed by atoms with Crippen molar-refractivity contribution in [1.29, 1.82) is 0 Å². The summed E-state index contributed by atoms with van der Waals surface area (Å²) in [4.78, 5) is 21.4. The number of piperidine rings is 1. The van der Waals surface area contributed by atoms with Crippen molar-refractivity contribution in [2.75, 3.05) is 26.7 Å². The smallest absolute Gasteiger partial charge is 0.246 e. The Hall–Kier alpha value is -3.25. The zero-order valence-corrected chi connectivity index (χ0v) is 18.0. The number of aromatic nitrogens is 3. The van der Waals surface area contributed by atoms with Crippen LogP contribution in [-0.2, 0) is 11.2 Å². The summed E-state index contributed by atoms with van der Waals surface area (Å²) in [5, 5.41) is 4.38. The average Bonchev–Trinajstić information content (AvgIpc) is 3.31. The van der Waals surface area contributed by atoms with Crippen molar-refractivity contribution < 1.29 is 4.79 Å². The number of benzene rings is 1. The first kappa shape index (κ1) is 21.0. The van der Waals surface area contributed by atoms with Crippen molar-refractivity contribution in [2.24, 2.45) is 0 Å². The second-order valence-corrected chi connectivity index (χ2v) is 7.98. The van der Waals surface area contributed by atoms with E-state index in [0.717, 1.165) is 55.8 Å². The fourth-order valence-corrected chi connectivity index (χ4v) is 3.96. The minimum atomic E-state index is 0.0411. The standard InChI is InChI=1S/C25H29N5O/c1-28(23-13-17-29(18-14-23)16-12-22-7-5-6-15-26-22)25(31)11-10-21-19-27-30(20-21)24-8-3-2-4-9-24/h2-11,15,19-20,23H,12-14,16-18H2,1H3/b11-10+. The first-order chi connectivity index (χ1) is 15.2. The zero-order chi connectivity index (χ0) is 21.5. The molecule has 4 rings (SSSR count). The molecule has 0 saturated carbocycles. The SMILES string of the molecule is CN(C(=O)/C=C/c1cnn(-c2ccccc2)c1)C1CCN(CCc2ccccn2)CC1. The molecule has 1 aliphatic heterocycles. The highest BCUT2D eigenvalue weighted by Crippen LogP contribution is 2.17. The van der Waals surface area contributed by atoms with Crippen molar-refractivity contribution in [2.45, 2.75) is 25.3 Å². The third kappa shape index (κ3) is 5.67. The maximum absolute atomic E-state index is 12.7. The molecule has 0 atom stereocenters. The number of hydrogen-bond donors (Lipinski definition) is 0. The van der Waals surface area contributed by atoms with Gasteiger partial charge in [0.15, 0.2) is 0 Å². The van der Waals surface area contributed by atoms with E-state index in [1.165, 1.54) is 0 Å². The minimum Gasteiger partial charge on any atom is -0.339 e. The summed E-state index contributed by atoms with van der Waals surface area (Å²) in [7, 11) is 1.91. The highest BCUT2D eigenvalue weighted by atomic mass is 16.2. The molecule has 160 valence electrons. The summed E-state index contributed by atoms with van der Waals surface area (Å²) in [6, 6.07) is 16.3. The van der Waals surface area contributed by atoms with Crippen molar-refractivity contribution >= 4 is 12.0 Å². The quantitative estimate of drug-likeness (QED) is 0.555. The number of likely N-dealkylation sites (N-methyl/N-ethyl adjacent to an activating group) is 1. The summed E-state index contributed by atoms with van der Waals surface area (Å²) in [6.45, 7) is 3.05. The Bertz CT molecular complexity index is 991. The van der Waals surface area contributed by atoms with Gasteiger partial charge in [0.2, 0.25) is 5.91 Å². The maximum atomic E-state index is 12.7. The third-order valence-electron chi connectivity index (χ3n) is 5.90. The fourth-order valence-electron chi connectivity index (χ4n) is 3.96. The molecule has 1 aliphatic rings. The molecule has 6 nitrogen and oxygen atoms in total. The van der Waals surface area contributed by atoms with E-state index >= 15 is 0 Å². The first-order valence-electron chi connectivity index (χ1n) is 10.9. The number of likely N-dealkylation sites (tertiary alicyclic amines) is 1. The highest BCUT2D eigenvalue weighted by Gasteiger charge is 2.24. The molecular formula is C25H29N5O. The normalized spacial score (nSPS) is 15.4. The lowest BCUT2D eigenvalue weighted by molar-refractivity contribution is -0.127. The van der Waals surface area contributed by atoms with Gasteiger partial charge in [-0.2, -0.15) is 5.10 Å². The number of carbonyl (C=O) groups excluding carboxylic acids is 1. The average molecular weight is 416 g/mol. The molecular weight excluding hydrogens is 386 g/mol. The molecule has 6 heteroatoms. The Balaban J connectivity index is 1.25. The van der Waals surface area contributed by atoms with Gasteiger partial charge in [0.25, 0.3) is 0 Å². The molecule has 3 aromatic rings. The van der Waals surface area contributed by atoms with Crippen LogP contribution in [0.25, 0.3) is 11.8 Å². The van der Waals surface area contributed by atoms with Crippen LogP contribution >= 0.6 is 0 Å². The molecule has 31 heavy (non-hydrogen) atoms. The van der Waals surface area contributed by atoms with Crippen LogP contribution in [0, 0.1) is 0 Å². The topological polar surface area (TPSA) is 54.3 Å². The molecule has 1 aromatic carbocycles. The van der Waals surface area contributed by atoms with E-state index in [9.17, 15) is 4.79 Å². The van der Waals surface area contributed by atoms with E-state index < -0.39 is 0 Å². The molecule has 0 radical (unpaired) electrons. The largest absolute Gasteiger partial charge is 0.339 e. The molecule has 3 heterocycles. The lowest BCUT2D eigenvalue weighted by Crippen LogP contribution is -2.45. The van der Waals surface area contributed by atoms with Crippen molar-refractivity contribution in [3.05, 3.63) is 84.5 Å². The number of para-hydroxylation sites is 1. The predicted molar refractivity (Wildman–Crippen MR) is 123 cm³/mol. The van der Waals surface area contributed by atoms with E-state index in [1.807, 2.05) is 77.6 Å². The van der Waals surface area contributed by atoms with Gasteiger partial charge in [-0.25, -0.2) is 4.68 Å². The van der Waals surface area contributed by atoms with Gasteiger partial charge in [-0.15, -0.1) is 0 Å². The van der Waals surface area contributed by atoms with Crippen molar-refractivity contribution in [3.8, 4) is 5.69 Å². The Kier molecular flexibility index (Phi) is 6.89. The van der Waals surface area contributed by atoms with Crippen LogP contribution in [0.1, 0.15) is 24.1 Å². The number of nitrogens with zero attached hydrogens (tertiary/aromatic N) is 5. The molecule has 2 aromatic heterocycles. The van der Waals surface area contributed by atoms with E-state index in [1.54, 1.807) is 12.3 Å². The Labute approximate surface area is 183 Å². The molecule has 1 amide bonds. The van der Waals surface area contributed by atoms with E-state index in [2.05, 4.69) is 21.0 Å². The lowest BCUT2D eigenvalue weighted by Gasteiger charge is -2.36. The number of rotatable bonds is 7. The van der Waals surface area contributed by atoms with Gasteiger partial charge >= 0.3 is 0 Å². The molecule has 0 N–H and O–H groups in total. The zero-order valence-electron chi connectivity index (χ0n) is 18.0. The second kappa shape index (κ2) is 10.2. The molecule has 0 unspecified atom stereocenters. The van der Waals surface area contributed by atoms with Gasteiger partial charge in [0.05, 0.1) is 11.9 Å². The van der Waals surface area contributed by atoms with E-state index in [0.29, 0.717) is 0 Å². The molecule has 1 saturated heterocycles. The van der Waals surface area contributed by atoms with Crippen LogP contribution in [0.3, 0.4) is 0 Å². The summed E-state index contributed by atoms with van der Waals surface area (Å²) in [5.41, 5.74) is 3.05. The van der Waals surface area contributed by atoms with Crippen molar-refractivity contribution in [1.82, 2.24) is 24.6 Å². The van der Waals surface area contributed by atoms with E-state index in [-0.39, 0.29) is 11.9 Å². The molecule has 0 spiro atoms. The first-order valence-corrected chi connectivity index (χ1v) is 10.9. The van der Waals surface area contributed by atoms with Gasteiger partial charge in [0.1, 0.15) is 0 Å². The second-order valence-electron chi connectivity index (χ2n) is 7.98. The van der Waals surface area contributed by atoms with Gasteiger partial charge in [0, 0.05) is 68.9 Å². The fraction of sp³-hybridized carbons (Fsp3) is 0.320. The van der Waals surface area contributed by atoms with Crippen LogP contribution in [0.5, 0.6) is 0 Å². The minimum absolute atomic E-state index is 0.0411. The Morgan fingerprint density at radius 2 is 1.90 bits per heavy atom. The predicted octanol–water partition coefficient (Wildman–Crippen LogP) is 3.45. The number of hydrogen-bond acceptors (Lipinski definition) is 4. The number of carbonyl (C=O) groups is 1. The van der Waals surface area contributed by atoms with Crippen LogP contribution in [0.2, 0.25) is 0 Å². The molecule has 0 bridgehead atoms. The van der Waals surface area contributed by atoms with Gasteiger partial charge in [-0.05, 0) is 43.2 Å². The van der Waals surface area contributed by atoms with Crippen LogP contribution in [0.15, 0.2) is 73.2 Å². The monoisotopic (exact) mass is 415 g/mol. The summed E-state index contributed by atoms with van der Waals surface area (Å²) in [6.07, 6.45) is 12.0. The number of pyridine rings is 1. The molecule has 0 aliphatic carbocycles. The Morgan fingerprint density at radius 1 is 1.13 bits per heavy atom. The summed E-state index contributed by atoms with van der Waals surface area (Å²) >= 11 is 0. The van der Waals surface area contributed by atoms with Crippen LogP contribution in [-0.4, -0.2) is 63.2 Å². The highest BCUT2D eigenvalue weighted by molar-refractivity contribution is 5.91. The van der Waals surface area contributed by atoms with Crippen molar-refractivity contribution in [3.63, 3.8) is 0 Å². The summed E-state index contributed by atoms with van der Waals surface area (Å²) in [5.74, 6) is 0.0411. The van der Waals surface area contributed by atoms with Crippen LogP contribution < -0.4 is 0 Å². The van der Waals surface area contributed by atoms with E-state index in [4.69, 9.17) is 0 Å². The molecule has 1 fully saturated rings. The summed E-state index contributed by atoms with van der Waals surface area (Å²) < 4.78 is 1.81. The van der Waals surface area contributed by atoms with Crippen LogP contribution in [0.4, 0.5) is 0 Å². The van der Waals surface area contributed by atoms with Gasteiger partial charge in [-0.1, -0.05) is 24.3 Å². The third-order valence-corrected chi connectivity index (χ3v) is 5.90. The number of amides is 1. The Morgan fingerprint density at radius 3 is 2.65 bits per heavy atom. The lowest BCUT2D eigenvalue weighted by atomic mass is 10.0. The van der Waals surface area contributed by atoms with Gasteiger partial charge < -0.3 is 9.80 Å². The van der Waals surface area contributed by atoms with Gasteiger partial charge in [-0.3, -0.25) is 9.78 Å². The maximum Gasteiger partial charge on any atom is 0.246 e.